The molecule has 0 aromatic heterocycles. The van der Waals surface area contributed by atoms with Crippen LogP contribution in [0.5, 0.6) is 0 Å². The summed E-state index contributed by atoms with van der Waals surface area (Å²) in [7, 11) is 0. The van der Waals surface area contributed by atoms with Crippen molar-refractivity contribution in [3.63, 3.8) is 0 Å². The van der Waals surface area contributed by atoms with Gasteiger partial charge in [-0.15, -0.1) is 0 Å². The van der Waals surface area contributed by atoms with Crippen molar-refractivity contribution in [2.75, 3.05) is 19.7 Å². The van der Waals surface area contributed by atoms with Gasteiger partial charge in [0.15, 0.2) is 0 Å². The lowest BCUT2D eigenvalue weighted by molar-refractivity contribution is -0.144. The SMILES string of the molecule is O=C(CNC(=O)OCC1c2ccccc2-c2ccccc21)NCC(=O)NC(C(=O)O)C1CCC1. The van der Waals surface area contributed by atoms with E-state index in [9.17, 15) is 24.3 Å². The molecule has 1 atom stereocenters. The van der Waals surface area contributed by atoms with Gasteiger partial charge >= 0.3 is 12.1 Å². The van der Waals surface area contributed by atoms with Crippen LogP contribution >= 0.6 is 0 Å². The standard InChI is InChI=1S/C25H27N3O6/c29-21(26-13-22(30)28-23(24(31)32)15-6-5-7-15)12-27-25(33)34-14-20-18-10-3-1-8-16(18)17-9-2-4-11-19(17)20/h1-4,8-11,15,20,23H,5-7,12-14H2,(H,26,29)(H,27,33)(H,28,30)(H,31,32). The summed E-state index contributed by atoms with van der Waals surface area (Å²) >= 11 is 0. The normalized spacial score (nSPS) is 15.3. The summed E-state index contributed by atoms with van der Waals surface area (Å²) < 4.78 is 5.37. The highest BCUT2D eigenvalue weighted by atomic mass is 16.5. The molecule has 0 radical (unpaired) electrons. The Morgan fingerprint density at radius 2 is 1.47 bits per heavy atom. The molecule has 9 nitrogen and oxygen atoms in total. The summed E-state index contributed by atoms with van der Waals surface area (Å²) in [5, 5.41) is 16.4. The second-order valence-electron chi connectivity index (χ2n) is 8.53. The van der Waals surface area contributed by atoms with Crippen LogP contribution in [-0.2, 0) is 19.1 Å². The van der Waals surface area contributed by atoms with E-state index in [4.69, 9.17) is 4.74 Å². The molecule has 2 aromatic rings. The Bertz CT molecular complexity index is 1050. The molecule has 4 rings (SSSR count). The van der Waals surface area contributed by atoms with Gasteiger partial charge < -0.3 is 25.8 Å². The summed E-state index contributed by atoms with van der Waals surface area (Å²) in [6, 6.07) is 15.0. The highest BCUT2D eigenvalue weighted by Gasteiger charge is 2.33. The Morgan fingerprint density at radius 1 is 0.882 bits per heavy atom. The number of benzene rings is 2. The van der Waals surface area contributed by atoms with Crippen molar-refractivity contribution in [2.45, 2.75) is 31.2 Å². The Kier molecular flexibility index (Phi) is 7.10. The number of rotatable bonds is 9. The second-order valence-corrected chi connectivity index (χ2v) is 8.53. The Hall–Kier alpha value is -3.88. The number of hydrogen-bond acceptors (Lipinski definition) is 5. The van der Waals surface area contributed by atoms with E-state index in [-0.39, 0.29) is 31.5 Å². The van der Waals surface area contributed by atoms with Crippen molar-refractivity contribution in [1.29, 1.82) is 0 Å². The summed E-state index contributed by atoms with van der Waals surface area (Å²) in [6.07, 6.45) is 1.72. The van der Waals surface area contributed by atoms with E-state index in [0.29, 0.717) is 0 Å². The van der Waals surface area contributed by atoms with Crippen molar-refractivity contribution in [3.05, 3.63) is 59.7 Å². The molecule has 0 spiro atoms. The summed E-state index contributed by atoms with van der Waals surface area (Å²) in [5.41, 5.74) is 4.41. The maximum Gasteiger partial charge on any atom is 0.407 e. The molecule has 2 aliphatic carbocycles. The molecule has 3 amide bonds. The fourth-order valence-electron chi connectivity index (χ4n) is 4.42. The van der Waals surface area contributed by atoms with Crippen LogP contribution in [0.2, 0.25) is 0 Å². The first-order valence-corrected chi connectivity index (χ1v) is 11.3. The highest BCUT2D eigenvalue weighted by Crippen LogP contribution is 2.44. The van der Waals surface area contributed by atoms with Crippen LogP contribution in [0.1, 0.15) is 36.3 Å². The first-order chi connectivity index (χ1) is 16.4. The zero-order chi connectivity index (χ0) is 24.1. The molecule has 1 fully saturated rings. The first-order valence-electron chi connectivity index (χ1n) is 11.3. The fraction of sp³-hybridized carbons (Fsp3) is 0.360. The predicted octanol–water partition coefficient (Wildman–Crippen LogP) is 2.01. The predicted molar refractivity (Wildman–Crippen MR) is 123 cm³/mol. The van der Waals surface area contributed by atoms with Crippen molar-refractivity contribution in [3.8, 4) is 11.1 Å². The van der Waals surface area contributed by atoms with Gasteiger partial charge in [0.2, 0.25) is 11.8 Å². The van der Waals surface area contributed by atoms with E-state index in [1.165, 1.54) is 0 Å². The molecule has 1 unspecified atom stereocenters. The zero-order valence-corrected chi connectivity index (χ0v) is 18.6. The lowest BCUT2D eigenvalue weighted by Gasteiger charge is -2.31. The number of ether oxygens (including phenoxy) is 1. The number of hydrogen-bond donors (Lipinski definition) is 4. The number of carbonyl (C=O) groups is 4. The van der Waals surface area contributed by atoms with Crippen LogP contribution in [-0.4, -0.2) is 54.7 Å². The minimum absolute atomic E-state index is 0.0765. The zero-order valence-electron chi connectivity index (χ0n) is 18.6. The summed E-state index contributed by atoms with van der Waals surface area (Å²) in [5.74, 6) is -2.42. The molecular formula is C25H27N3O6. The van der Waals surface area contributed by atoms with Crippen LogP contribution in [0, 0.1) is 5.92 Å². The molecule has 2 aromatic carbocycles. The topological polar surface area (TPSA) is 134 Å². The van der Waals surface area contributed by atoms with Gasteiger partial charge in [-0.25, -0.2) is 9.59 Å². The van der Waals surface area contributed by atoms with Gasteiger partial charge in [-0.1, -0.05) is 55.0 Å². The third-order valence-corrected chi connectivity index (χ3v) is 6.39. The van der Waals surface area contributed by atoms with E-state index in [1.54, 1.807) is 0 Å². The van der Waals surface area contributed by atoms with Crippen LogP contribution in [0.25, 0.3) is 11.1 Å². The van der Waals surface area contributed by atoms with Crippen molar-refractivity contribution in [1.82, 2.24) is 16.0 Å². The average molecular weight is 466 g/mol. The quantitative estimate of drug-likeness (QED) is 0.448. The van der Waals surface area contributed by atoms with Gasteiger partial charge in [0.05, 0.1) is 6.54 Å². The van der Waals surface area contributed by atoms with Crippen LogP contribution in [0.3, 0.4) is 0 Å². The van der Waals surface area contributed by atoms with Crippen LogP contribution in [0.4, 0.5) is 4.79 Å². The number of alkyl carbamates (subject to hydrolysis) is 1. The molecule has 34 heavy (non-hydrogen) atoms. The van der Waals surface area contributed by atoms with Crippen molar-refractivity contribution < 1.29 is 29.0 Å². The summed E-state index contributed by atoms with van der Waals surface area (Å²) in [4.78, 5) is 47.4. The average Bonchev–Trinajstić information content (AvgIpc) is 3.12. The first kappa shape index (κ1) is 23.3. The van der Waals surface area contributed by atoms with Crippen molar-refractivity contribution >= 4 is 23.9 Å². The molecule has 4 N–H and O–H groups in total. The molecule has 1 saturated carbocycles. The van der Waals surface area contributed by atoms with Gasteiger partial charge in [0.1, 0.15) is 19.2 Å². The number of amides is 3. The van der Waals surface area contributed by atoms with Gasteiger partial charge in [0.25, 0.3) is 0 Å². The molecule has 9 heteroatoms. The van der Waals surface area contributed by atoms with Gasteiger partial charge in [-0.05, 0) is 41.0 Å². The third-order valence-electron chi connectivity index (χ3n) is 6.39. The number of carbonyl (C=O) groups excluding carboxylic acids is 3. The van der Waals surface area contributed by atoms with Crippen LogP contribution < -0.4 is 16.0 Å². The van der Waals surface area contributed by atoms with Crippen LogP contribution in [0.15, 0.2) is 48.5 Å². The van der Waals surface area contributed by atoms with Gasteiger partial charge in [-0.2, -0.15) is 0 Å². The Balaban J connectivity index is 1.20. The van der Waals surface area contributed by atoms with Gasteiger partial charge in [0, 0.05) is 5.92 Å². The number of carboxylic acids is 1. The smallest absolute Gasteiger partial charge is 0.407 e. The van der Waals surface area contributed by atoms with E-state index >= 15 is 0 Å². The molecule has 178 valence electrons. The Labute approximate surface area is 196 Å². The number of fused-ring (bicyclic) bond motifs is 3. The van der Waals surface area contributed by atoms with Crippen molar-refractivity contribution in [2.24, 2.45) is 5.92 Å². The van der Waals surface area contributed by atoms with E-state index in [1.807, 2.05) is 48.5 Å². The van der Waals surface area contributed by atoms with E-state index in [2.05, 4.69) is 16.0 Å². The fourth-order valence-corrected chi connectivity index (χ4v) is 4.42. The maximum absolute atomic E-state index is 12.1. The maximum atomic E-state index is 12.1. The lowest BCUT2D eigenvalue weighted by Crippen LogP contribution is -2.51. The summed E-state index contributed by atoms with van der Waals surface area (Å²) in [6.45, 7) is -0.613. The number of aliphatic carboxylic acids is 1. The lowest BCUT2D eigenvalue weighted by atomic mass is 9.79. The number of nitrogens with one attached hydrogen (secondary N) is 3. The second kappa shape index (κ2) is 10.4. The monoisotopic (exact) mass is 465 g/mol. The molecular weight excluding hydrogens is 438 g/mol. The molecule has 0 saturated heterocycles. The highest BCUT2D eigenvalue weighted by molar-refractivity contribution is 5.89. The Morgan fingerprint density at radius 3 is 2.03 bits per heavy atom. The minimum atomic E-state index is -1.08. The molecule has 0 bridgehead atoms. The van der Waals surface area contributed by atoms with E-state index < -0.39 is 29.9 Å². The molecule has 0 heterocycles. The molecule has 0 aliphatic heterocycles. The largest absolute Gasteiger partial charge is 0.480 e. The number of carboxylic acid groups (broad SMARTS) is 1. The van der Waals surface area contributed by atoms with E-state index in [0.717, 1.165) is 41.5 Å². The molecule has 2 aliphatic rings. The van der Waals surface area contributed by atoms with Gasteiger partial charge in [-0.3, -0.25) is 9.59 Å². The minimum Gasteiger partial charge on any atom is -0.480 e. The third kappa shape index (κ3) is 5.19.